The van der Waals surface area contributed by atoms with E-state index in [-0.39, 0.29) is 53.8 Å². The molecule has 5 aromatic rings. The molecule has 3 saturated heterocycles. The monoisotopic (exact) mass is 721 g/mol. The summed E-state index contributed by atoms with van der Waals surface area (Å²) >= 11 is 0. The van der Waals surface area contributed by atoms with Crippen LogP contribution in [0, 0.1) is 18.2 Å². The van der Waals surface area contributed by atoms with Crippen LogP contribution in [0.5, 0.6) is 6.01 Å². The van der Waals surface area contributed by atoms with E-state index < -0.39 is 41.5 Å². The molecule has 3 aliphatic rings. The maximum absolute atomic E-state index is 16.9. The van der Waals surface area contributed by atoms with Crippen LogP contribution < -0.4 is 9.64 Å². The summed E-state index contributed by atoms with van der Waals surface area (Å²) in [4.78, 5) is 35.4. The quantitative estimate of drug-likeness (QED) is 0.105. The number of aromatic nitrogens is 4. The van der Waals surface area contributed by atoms with Crippen molar-refractivity contribution < 1.29 is 27.1 Å². The number of rotatable bonds is 8. The molecule has 3 unspecified atom stereocenters. The van der Waals surface area contributed by atoms with Crippen molar-refractivity contribution in [3.63, 3.8) is 0 Å². The summed E-state index contributed by atoms with van der Waals surface area (Å²) in [6, 6.07) is 14.6. The first-order valence-corrected chi connectivity index (χ1v) is 17.5. The zero-order valence-electron chi connectivity index (χ0n) is 28.9. The van der Waals surface area contributed by atoms with Gasteiger partial charge in [-0.05, 0) is 43.0 Å². The van der Waals surface area contributed by atoms with E-state index in [1.54, 1.807) is 43.4 Å². The van der Waals surface area contributed by atoms with Gasteiger partial charge in [0.1, 0.15) is 36.0 Å². The summed E-state index contributed by atoms with van der Waals surface area (Å²) in [7, 11) is 1.56. The van der Waals surface area contributed by atoms with Gasteiger partial charge in [0.25, 0.3) is 5.91 Å². The van der Waals surface area contributed by atoms with Gasteiger partial charge in [-0.3, -0.25) is 19.7 Å². The first kappa shape index (κ1) is 34.5. The number of hydrogen-bond acceptors (Lipinski definition) is 8. The second-order valence-corrected chi connectivity index (χ2v) is 13.9. The Labute approximate surface area is 303 Å². The first-order chi connectivity index (χ1) is 25.7. The highest BCUT2D eigenvalue weighted by atomic mass is 19.1. The maximum atomic E-state index is 16.9. The number of benzene rings is 2. The second-order valence-electron chi connectivity index (χ2n) is 13.9. The van der Waals surface area contributed by atoms with Gasteiger partial charge < -0.3 is 14.5 Å². The summed E-state index contributed by atoms with van der Waals surface area (Å²) in [5.74, 6) is -0.0481. The molecule has 0 saturated carbocycles. The lowest BCUT2D eigenvalue weighted by molar-refractivity contribution is -0.127. The third-order valence-corrected chi connectivity index (χ3v) is 10.7. The number of alkyl halides is 2. The van der Waals surface area contributed by atoms with Crippen molar-refractivity contribution in [2.45, 2.75) is 43.2 Å². The number of amides is 1. The SMILES string of the molecule is C#Cc1cccc2cccc(-c3ncc4c(N(C)C5CN(C(=O)/C(F)=C/c6ccccn6)CC5F)nc(OC[C@@]56CCCN5CC(F)C6)nc4c3F)c12. The Morgan fingerprint density at radius 1 is 1.09 bits per heavy atom. The predicted molar refractivity (Wildman–Crippen MR) is 194 cm³/mol. The molecule has 4 atom stereocenters. The number of pyridine rings is 2. The maximum Gasteiger partial charge on any atom is 0.319 e. The van der Waals surface area contributed by atoms with Crippen molar-refractivity contribution in [2.24, 2.45) is 0 Å². The molecule has 0 aliphatic carbocycles. The van der Waals surface area contributed by atoms with E-state index in [9.17, 15) is 9.18 Å². The van der Waals surface area contributed by atoms with Gasteiger partial charge in [0.2, 0.25) is 0 Å². The number of terminal acetylenes is 1. The summed E-state index contributed by atoms with van der Waals surface area (Å²) in [6.45, 7) is 0.585. The molecule has 9 nitrogen and oxygen atoms in total. The molecular weight excluding hydrogens is 686 g/mol. The topological polar surface area (TPSA) is 87.6 Å². The Kier molecular flexibility index (Phi) is 8.94. The van der Waals surface area contributed by atoms with Crippen LogP contribution in [0.3, 0.4) is 0 Å². The summed E-state index contributed by atoms with van der Waals surface area (Å²) in [5, 5.41) is 1.62. The molecular formula is C40H35F4N7O2. The second kappa shape index (κ2) is 13.7. The smallest absolute Gasteiger partial charge is 0.319 e. The number of hydrogen-bond donors (Lipinski definition) is 0. The number of halogens is 4. The molecule has 0 bridgehead atoms. The summed E-state index contributed by atoms with van der Waals surface area (Å²) in [6.07, 6.45) is 9.05. The minimum absolute atomic E-state index is 0.00291. The van der Waals surface area contributed by atoms with Gasteiger partial charge in [0, 0.05) is 61.5 Å². The molecule has 6 heterocycles. The molecule has 3 fully saturated rings. The van der Waals surface area contributed by atoms with Crippen molar-refractivity contribution >= 4 is 39.5 Å². The van der Waals surface area contributed by atoms with E-state index >= 15 is 13.2 Å². The van der Waals surface area contributed by atoms with Crippen LogP contribution in [0.2, 0.25) is 0 Å². The van der Waals surface area contributed by atoms with Crippen molar-refractivity contribution in [3.8, 4) is 29.6 Å². The zero-order valence-corrected chi connectivity index (χ0v) is 28.9. The standard InChI is InChI=1S/C40H35F4N7O2/c1-3-24-9-6-10-25-11-7-13-28(33(24)25)35-34(44)36-29(19-46-35)37(48-39(47-36)53-23-40-14-8-16-51(40)20-26(41)18-40)49(2)32-22-50(21-31(32)43)38(52)30(42)17-27-12-4-5-15-45-27/h1,4-7,9-13,15,17,19,26,31-32H,8,14,16,18,20-23H2,2H3/b30-17-/t26?,31?,32?,40-/m0/s1. The van der Waals surface area contributed by atoms with Crippen molar-refractivity contribution in [2.75, 3.05) is 44.7 Å². The molecule has 0 spiro atoms. The van der Waals surface area contributed by atoms with Gasteiger partial charge in [0.15, 0.2) is 11.6 Å². The van der Waals surface area contributed by atoms with E-state index in [2.05, 4.69) is 30.8 Å². The highest BCUT2D eigenvalue weighted by molar-refractivity contribution is 6.02. The van der Waals surface area contributed by atoms with Crippen LogP contribution in [-0.4, -0.2) is 99.4 Å². The Bertz CT molecular complexity index is 2300. The van der Waals surface area contributed by atoms with Crippen LogP contribution in [0.15, 0.2) is 72.8 Å². The van der Waals surface area contributed by atoms with Crippen LogP contribution in [0.1, 0.15) is 30.5 Å². The predicted octanol–water partition coefficient (Wildman–Crippen LogP) is 6.31. The van der Waals surface area contributed by atoms with Crippen LogP contribution >= 0.6 is 0 Å². The molecule has 0 N–H and O–H groups in total. The van der Waals surface area contributed by atoms with E-state index in [1.165, 1.54) is 17.3 Å². The van der Waals surface area contributed by atoms with Gasteiger partial charge in [-0.2, -0.15) is 9.97 Å². The Morgan fingerprint density at radius 3 is 2.72 bits per heavy atom. The number of carbonyl (C=O) groups excluding carboxylic acids is 1. The lowest BCUT2D eigenvalue weighted by atomic mass is 9.95. The molecule has 270 valence electrons. The molecule has 53 heavy (non-hydrogen) atoms. The van der Waals surface area contributed by atoms with Gasteiger partial charge in [-0.25, -0.2) is 17.6 Å². The third kappa shape index (κ3) is 6.20. The highest BCUT2D eigenvalue weighted by Gasteiger charge is 2.49. The molecule has 2 aromatic carbocycles. The number of likely N-dealkylation sites (N-methyl/N-ethyl adjacent to an activating group) is 1. The molecule has 1 amide bonds. The lowest BCUT2D eigenvalue weighted by Crippen LogP contribution is -2.43. The average molecular weight is 722 g/mol. The van der Waals surface area contributed by atoms with E-state index in [1.807, 2.05) is 18.2 Å². The number of anilines is 1. The van der Waals surface area contributed by atoms with Gasteiger partial charge in [-0.1, -0.05) is 42.3 Å². The van der Waals surface area contributed by atoms with Gasteiger partial charge >= 0.3 is 6.01 Å². The molecule has 8 rings (SSSR count). The zero-order chi connectivity index (χ0) is 36.9. The highest BCUT2D eigenvalue weighted by Crippen LogP contribution is 2.41. The molecule has 3 aromatic heterocycles. The van der Waals surface area contributed by atoms with E-state index in [4.69, 9.17) is 11.2 Å². The van der Waals surface area contributed by atoms with Crippen LogP contribution in [-0.2, 0) is 4.79 Å². The normalized spacial score (nSPS) is 23.1. The van der Waals surface area contributed by atoms with Crippen LogP contribution in [0.4, 0.5) is 23.4 Å². The Hall–Kier alpha value is -5.61. The van der Waals surface area contributed by atoms with Crippen molar-refractivity contribution in [3.05, 3.63) is 89.9 Å². The average Bonchev–Trinajstić information content (AvgIpc) is 3.84. The minimum atomic E-state index is -1.61. The number of ether oxygens (including phenoxy) is 1. The van der Waals surface area contributed by atoms with E-state index in [0.29, 0.717) is 29.5 Å². The fraction of sp³-hybridized carbons (Fsp3) is 0.325. The van der Waals surface area contributed by atoms with Crippen molar-refractivity contribution in [1.29, 1.82) is 0 Å². The number of carbonyl (C=O) groups is 1. The molecule has 0 radical (unpaired) electrons. The number of likely N-dealkylation sites (tertiary alicyclic amines) is 1. The Balaban J connectivity index is 1.18. The lowest BCUT2D eigenvalue weighted by Gasteiger charge is -2.31. The van der Waals surface area contributed by atoms with Crippen molar-refractivity contribution in [1.82, 2.24) is 29.7 Å². The first-order valence-electron chi connectivity index (χ1n) is 17.5. The van der Waals surface area contributed by atoms with Gasteiger partial charge in [-0.15, -0.1) is 6.42 Å². The number of nitrogens with zero attached hydrogens (tertiary/aromatic N) is 7. The molecule has 3 aliphatic heterocycles. The van der Waals surface area contributed by atoms with Gasteiger partial charge in [0.05, 0.1) is 29.2 Å². The molecule has 13 heteroatoms. The largest absolute Gasteiger partial charge is 0.461 e. The third-order valence-electron chi connectivity index (χ3n) is 10.7. The summed E-state index contributed by atoms with van der Waals surface area (Å²) in [5.41, 5.74) is 0.603. The Morgan fingerprint density at radius 2 is 1.92 bits per heavy atom. The summed E-state index contributed by atoms with van der Waals surface area (Å²) < 4.78 is 68.6. The van der Waals surface area contributed by atoms with Crippen LogP contribution in [0.25, 0.3) is 39.0 Å². The fourth-order valence-electron chi connectivity index (χ4n) is 8.09. The number of fused-ring (bicyclic) bond motifs is 3. The fourth-order valence-corrected chi connectivity index (χ4v) is 8.09. The minimum Gasteiger partial charge on any atom is -0.461 e. The van der Waals surface area contributed by atoms with E-state index in [0.717, 1.165) is 35.7 Å².